The molecule has 4 rings (SSSR count). The van der Waals surface area contributed by atoms with E-state index in [1.807, 2.05) is 18.2 Å². The fourth-order valence-electron chi connectivity index (χ4n) is 2.60. The lowest BCUT2D eigenvalue weighted by Crippen LogP contribution is -2.29. The van der Waals surface area contributed by atoms with Gasteiger partial charge in [0.05, 0.1) is 10.2 Å². The molecule has 0 atom stereocenters. The molecule has 7 heteroatoms. The molecule has 1 aliphatic heterocycles. The van der Waals surface area contributed by atoms with Crippen LogP contribution in [0.5, 0.6) is 0 Å². The van der Waals surface area contributed by atoms with Crippen LogP contribution >= 0.6 is 11.3 Å². The third-order valence-electron chi connectivity index (χ3n) is 3.77. The van der Waals surface area contributed by atoms with E-state index < -0.39 is 5.82 Å². The Bertz CT molecular complexity index is 1220. The van der Waals surface area contributed by atoms with Gasteiger partial charge in [-0.25, -0.2) is 9.38 Å². The number of aromatic nitrogens is 1. The highest BCUT2D eigenvalue weighted by Gasteiger charge is 2.13. The second-order valence-electron chi connectivity index (χ2n) is 5.61. The molecule has 1 amide bonds. The first-order chi connectivity index (χ1) is 12.6. The standard InChI is InChI=1S/C19H12FN3O2S/c20-13-5-3-6-14(10-13)21-17-16(26-19(25)23-17)9-12-8-11-4-1-2-7-15(11)22-18(12)24/h1-10,21H,(H,23,25). The molecule has 2 N–H and O–H groups in total. The maximum Gasteiger partial charge on any atom is 0.306 e. The predicted molar refractivity (Wildman–Crippen MR) is 99.3 cm³/mol. The number of hydrogen-bond acceptors (Lipinski definition) is 4. The molecule has 0 bridgehead atoms. The minimum absolute atomic E-state index is 0.281. The molecule has 2 aromatic carbocycles. The van der Waals surface area contributed by atoms with Crippen molar-refractivity contribution in [3.05, 3.63) is 85.0 Å². The molecule has 5 nitrogen and oxygen atoms in total. The Labute approximate surface area is 150 Å². The summed E-state index contributed by atoms with van der Waals surface area (Å²) in [6.07, 6.45) is 3.34. The Hall–Kier alpha value is -3.32. The number of carbonyl (C=O) groups excluding carboxylic acids is 1. The van der Waals surface area contributed by atoms with Gasteiger partial charge in [-0.1, -0.05) is 35.6 Å². The van der Waals surface area contributed by atoms with Crippen molar-refractivity contribution in [2.24, 2.45) is 4.99 Å². The summed E-state index contributed by atoms with van der Waals surface area (Å²) in [5.74, 6) is -0.363. The Balaban J connectivity index is 1.75. The van der Waals surface area contributed by atoms with Gasteiger partial charge in [0, 0.05) is 16.5 Å². The smallest absolute Gasteiger partial charge is 0.306 e. The molecule has 0 spiro atoms. The third kappa shape index (κ3) is 3.25. The fourth-order valence-corrected chi connectivity index (χ4v) is 3.35. The fraction of sp³-hybridized carbons (Fsp3) is 0. The maximum atomic E-state index is 13.4. The van der Waals surface area contributed by atoms with E-state index in [0.29, 0.717) is 27.3 Å². The second-order valence-corrected chi connectivity index (χ2v) is 6.62. The molecule has 1 aliphatic rings. The predicted octanol–water partition coefficient (Wildman–Crippen LogP) is 2.34. The van der Waals surface area contributed by atoms with E-state index in [9.17, 15) is 14.0 Å². The molecular formula is C19H12FN3O2S. The summed E-state index contributed by atoms with van der Waals surface area (Å²) in [7, 11) is 0. The lowest BCUT2D eigenvalue weighted by molar-refractivity contribution is -0.114. The van der Waals surface area contributed by atoms with Gasteiger partial charge < -0.3 is 5.32 Å². The van der Waals surface area contributed by atoms with Crippen LogP contribution in [0.2, 0.25) is 0 Å². The number of rotatable bonds is 3. The number of fused-ring (bicyclic) bond motifs is 1. The minimum atomic E-state index is -0.390. The highest BCUT2D eigenvalue weighted by Crippen LogP contribution is 2.24. The number of aromatic amines is 1. The Kier molecular flexibility index (Phi) is 4.06. The Morgan fingerprint density at radius 2 is 1.96 bits per heavy atom. The summed E-state index contributed by atoms with van der Waals surface area (Å²) in [5, 5.41) is 4.43. The Morgan fingerprint density at radius 3 is 2.81 bits per heavy atom. The summed E-state index contributed by atoms with van der Waals surface area (Å²) >= 11 is 0.957. The van der Waals surface area contributed by atoms with Crippen LogP contribution in [0.4, 0.5) is 15.9 Å². The number of H-pyrrole nitrogens is 1. The van der Waals surface area contributed by atoms with Crippen LogP contribution in [0, 0.1) is 5.82 Å². The number of nitrogens with zero attached hydrogens (tertiary/aromatic N) is 1. The summed E-state index contributed by atoms with van der Waals surface area (Å²) in [4.78, 5) is 31.0. The lowest BCUT2D eigenvalue weighted by atomic mass is 10.1. The van der Waals surface area contributed by atoms with E-state index in [2.05, 4.69) is 15.3 Å². The first-order valence-electron chi connectivity index (χ1n) is 7.76. The quantitative estimate of drug-likeness (QED) is 0.700. The summed E-state index contributed by atoms with van der Waals surface area (Å²) in [5.41, 5.74) is 0.869. The van der Waals surface area contributed by atoms with E-state index in [0.717, 1.165) is 16.6 Å². The van der Waals surface area contributed by atoms with E-state index >= 15 is 0 Å². The van der Waals surface area contributed by atoms with Gasteiger partial charge in [-0.2, -0.15) is 0 Å². The maximum absolute atomic E-state index is 13.4. The van der Waals surface area contributed by atoms with Gasteiger partial charge in [0.25, 0.3) is 5.91 Å². The molecule has 26 heavy (non-hydrogen) atoms. The summed E-state index contributed by atoms with van der Waals surface area (Å²) in [6.45, 7) is 0. The monoisotopic (exact) mass is 365 g/mol. The topological polar surface area (TPSA) is 74.3 Å². The van der Waals surface area contributed by atoms with Gasteiger partial charge in [-0.15, -0.1) is 0 Å². The average Bonchev–Trinajstić information content (AvgIpc) is 2.94. The molecule has 1 aromatic heterocycles. The normalized spacial score (nSPS) is 14.5. The van der Waals surface area contributed by atoms with Crippen LogP contribution in [-0.2, 0) is 4.79 Å². The van der Waals surface area contributed by atoms with E-state index in [1.165, 1.54) is 12.1 Å². The van der Waals surface area contributed by atoms with Crippen molar-refractivity contribution < 1.29 is 9.18 Å². The lowest BCUT2D eigenvalue weighted by Gasteiger charge is -2.06. The van der Waals surface area contributed by atoms with Crippen LogP contribution in [0.3, 0.4) is 0 Å². The first kappa shape index (κ1) is 16.2. The molecule has 0 saturated carbocycles. The number of para-hydroxylation sites is 1. The molecule has 3 aromatic rings. The number of amides is 1. The molecule has 2 heterocycles. The van der Waals surface area contributed by atoms with Crippen molar-refractivity contribution in [3.63, 3.8) is 0 Å². The van der Waals surface area contributed by atoms with E-state index in [1.54, 1.807) is 30.4 Å². The zero-order chi connectivity index (χ0) is 18.1. The van der Waals surface area contributed by atoms with E-state index in [4.69, 9.17) is 0 Å². The van der Waals surface area contributed by atoms with Gasteiger partial charge >= 0.3 is 4.87 Å². The van der Waals surface area contributed by atoms with Crippen LogP contribution in [0.1, 0.15) is 4.88 Å². The number of halogens is 1. The van der Waals surface area contributed by atoms with Crippen molar-refractivity contribution >= 4 is 40.9 Å². The van der Waals surface area contributed by atoms with Crippen molar-refractivity contribution in [3.8, 4) is 0 Å². The Morgan fingerprint density at radius 1 is 1.12 bits per heavy atom. The molecular weight excluding hydrogens is 353 g/mol. The molecule has 0 radical (unpaired) electrons. The average molecular weight is 365 g/mol. The highest BCUT2D eigenvalue weighted by molar-refractivity contribution is 7.10. The van der Waals surface area contributed by atoms with E-state index in [-0.39, 0.29) is 10.8 Å². The van der Waals surface area contributed by atoms with Crippen LogP contribution < -0.4 is 20.8 Å². The van der Waals surface area contributed by atoms with Crippen LogP contribution in [0.15, 0.2) is 63.9 Å². The van der Waals surface area contributed by atoms with Gasteiger partial charge in [0.2, 0.25) is 0 Å². The van der Waals surface area contributed by atoms with Crippen LogP contribution in [0.25, 0.3) is 12.2 Å². The molecule has 0 unspecified atom stereocenters. The molecule has 0 saturated heterocycles. The van der Waals surface area contributed by atoms with Crippen molar-refractivity contribution in [2.75, 3.05) is 5.32 Å². The zero-order valence-electron chi connectivity index (χ0n) is 13.3. The first-order valence-corrected chi connectivity index (χ1v) is 8.57. The van der Waals surface area contributed by atoms with Crippen molar-refractivity contribution in [1.29, 1.82) is 0 Å². The molecule has 0 fully saturated rings. The van der Waals surface area contributed by atoms with Gasteiger partial charge in [0.15, 0.2) is 0 Å². The number of thiazole rings is 1. The van der Waals surface area contributed by atoms with Gasteiger partial charge in [-0.3, -0.25) is 14.6 Å². The second kappa shape index (κ2) is 6.53. The van der Waals surface area contributed by atoms with Gasteiger partial charge in [-0.05, 0) is 36.4 Å². The molecule has 128 valence electrons. The SMILES string of the molecule is O=C1N=c2ccccc2=CC1=Cc1sc(=O)[nH]c1Nc1cccc(F)c1. The zero-order valence-corrected chi connectivity index (χ0v) is 14.1. The third-order valence-corrected chi connectivity index (χ3v) is 4.60. The highest BCUT2D eigenvalue weighted by atomic mass is 32.1. The number of hydrogen-bond donors (Lipinski definition) is 2. The number of nitrogens with one attached hydrogen (secondary N) is 2. The number of anilines is 2. The van der Waals surface area contributed by atoms with Gasteiger partial charge in [0.1, 0.15) is 11.6 Å². The number of carbonyl (C=O) groups is 1. The minimum Gasteiger partial charge on any atom is -0.340 e. The van der Waals surface area contributed by atoms with Crippen LogP contribution in [-0.4, -0.2) is 10.9 Å². The summed E-state index contributed by atoms with van der Waals surface area (Å²) < 4.78 is 13.4. The molecule has 0 aliphatic carbocycles. The van der Waals surface area contributed by atoms with Crippen molar-refractivity contribution in [2.45, 2.75) is 0 Å². The largest absolute Gasteiger partial charge is 0.340 e. The summed E-state index contributed by atoms with van der Waals surface area (Å²) in [6, 6.07) is 13.2. The number of benzene rings is 2. The van der Waals surface area contributed by atoms with Crippen molar-refractivity contribution in [1.82, 2.24) is 4.98 Å².